The van der Waals surface area contributed by atoms with Crippen molar-refractivity contribution >= 4 is 34.5 Å². The van der Waals surface area contributed by atoms with E-state index in [2.05, 4.69) is 30.9 Å². The third-order valence-electron chi connectivity index (χ3n) is 3.99. The van der Waals surface area contributed by atoms with Crippen LogP contribution in [-0.4, -0.2) is 55.5 Å². The summed E-state index contributed by atoms with van der Waals surface area (Å²) in [6, 6.07) is 3.71. The SMILES string of the molecule is CCNC(=NCCCNC(=O)c1cccs1)N(C)Cc1csc(C(C)OC)n1. The van der Waals surface area contributed by atoms with Crippen LogP contribution in [0.25, 0.3) is 0 Å². The van der Waals surface area contributed by atoms with Crippen LogP contribution in [-0.2, 0) is 11.3 Å². The number of hydrogen-bond acceptors (Lipinski definition) is 6. The molecule has 0 aromatic carbocycles. The largest absolute Gasteiger partial charge is 0.375 e. The smallest absolute Gasteiger partial charge is 0.261 e. The Balaban J connectivity index is 1.81. The van der Waals surface area contributed by atoms with Crippen LogP contribution in [0.15, 0.2) is 27.9 Å². The second kappa shape index (κ2) is 11.8. The first-order chi connectivity index (χ1) is 13.5. The molecule has 0 saturated heterocycles. The van der Waals surface area contributed by atoms with Gasteiger partial charge in [-0.1, -0.05) is 6.07 Å². The van der Waals surface area contributed by atoms with E-state index in [4.69, 9.17) is 4.74 Å². The van der Waals surface area contributed by atoms with Crippen molar-refractivity contribution in [3.63, 3.8) is 0 Å². The molecule has 2 heterocycles. The maximum absolute atomic E-state index is 11.9. The first-order valence-corrected chi connectivity index (χ1v) is 11.1. The average Bonchev–Trinajstić information content (AvgIpc) is 3.38. The number of guanidine groups is 1. The molecule has 2 N–H and O–H groups in total. The summed E-state index contributed by atoms with van der Waals surface area (Å²) >= 11 is 3.06. The Labute approximate surface area is 174 Å². The summed E-state index contributed by atoms with van der Waals surface area (Å²) in [4.78, 5) is 24.0. The van der Waals surface area contributed by atoms with Crippen molar-refractivity contribution in [3.05, 3.63) is 38.5 Å². The molecule has 28 heavy (non-hydrogen) atoms. The highest BCUT2D eigenvalue weighted by molar-refractivity contribution is 7.12. The minimum absolute atomic E-state index is 0.00958. The fraction of sp³-hybridized carbons (Fsp3) is 0.526. The van der Waals surface area contributed by atoms with Gasteiger partial charge in [-0.3, -0.25) is 9.79 Å². The molecule has 0 aliphatic rings. The summed E-state index contributed by atoms with van der Waals surface area (Å²) in [5.74, 6) is 0.814. The Morgan fingerprint density at radius 3 is 2.89 bits per heavy atom. The summed E-state index contributed by atoms with van der Waals surface area (Å²) in [6.45, 7) is 6.75. The fourth-order valence-electron chi connectivity index (χ4n) is 2.43. The van der Waals surface area contributed by atoms with Crippen LogP contribution in [0.3, 0.4) is 0 Å². The molecule has 2 rings (SSSR count). The van der Waals surface area contributed by atoms with Crippen molar-refractivity contribution in [3.8, 4) is 0 Å². The zero-order chi connectivity index (χ0) is 20.4. The van der Waals surface area contributed by atoms with Crippen LogP contribution in [0.1, 0.15) is 46.7 Å². The van der Waals surface area contributed by atoms with E-state index in [1.807, 2.05) is 38.4 Å². The van der Waals surface area contributed by atoms with Gasteiger partial charge < -0.3 is 20.3 Å². The van der Waals surface area contributed by atoms with Gasteiger partial charge in [-0.05, 0) is 31.7 Å². The number of amides is 1. The van der Waals surface area contributed by atoms with E-state index in [1.54, 1.807) is 18.4 Å². The molecular weight excluding hydrogens is 394 g/mol. The Morgan fingerprint density at radius 1 is 1.39 bits per heavy atom. The van der Waals surface area contributed by atoms with Gasteiger partial charge >= 0.3 is 0 Å². The number of carbonyl (C=O) groups excluding carboxylic acids is 1. The summed E-state index contributed by atoms with van der Waals surface area (Å²) in [5, 5.41) is 11.2. The zero-order valence-corrected chi connectivity index (χ0v) is 18.5. The molecule has 0 fully saturated rings. The fourth-order valence-corrected chi connectivity index (χ4v) is 3.91. The number of nitrogens with one attached hydrogen (secondary N) is 2. The van der Waals surface area contributed by atoms with Crippen LogP contribution < -0.4 is 10.6 Å². The first-order valence-electron chi connectivity index (χ1n) is 9.33. The molecule has 2 aromatic heterocycles. The Hall–Kier alpha value is -1.97. The second-order valence-electron chi connectivity index (χ2n) is 6.23. The van der Waals surface area contributed by atoms with E-state index < -0.39 is 0 Å². The molecule has 0 aliphatic heterocycles. The number of nitrogens with zero attached hydrogens (tertiary/aromatic N) is 3. The van der Waals surface area contributed by atoms with Gasteiger partial charge in [0.05, 0.1) is 17.1 Å². The number of methoxy groups -OCH3 is 1. The van der Waals surface area contributed by atoms with Crippen LogP contribution in [0.5, 0.6) is 0 Å². The summed E-state index contributed by atoms with van der Waals surface area (Å²) in [6.07, 6.45) is 0.793. The number of hydrogen-bond donors (Lipinski definition) is 2. The van der Waals surface area contributed by atoms with Crippen molar-refractivity contribution < 1.29 is 9.53 Å². The highest BCUT2D eigenvalue weighted by Gasteiger charge is 2.12. The summed E-state index contributed by atoms with van der Waals surface area (Å²) < 4.78 is 5.33. The Kier molecular flexibility index (Phi) is 9.39. The minimum Gasteiger partial charge on any atom is -0.375 e. The minimum atomic E-state index is -0.0207. The van der Waals surface area contributed by atoms with E-state index in [0.717, 1.165) is 34.5 Å². The number of aromatic nitrogens is 1. The average molecular weight is 424 g/mol. The quantitative estimate of drug-likeness (QED) is 0.349. The number of thiazole rings is 1. The molecule has 2 aromatic rings. The molecule has 0 aliphatic carbocycles. The van der Waals surface area contributed by atoms with E-state index >= 15 is 0 Å². The topological polar surface area (TPSA) is 78.9 Å². The molecule has 1 atom stereocenters. The van der Waals surface area contributed by atoms with Gasteiger partial charge in [0.2, 0.25) is 0 Å². The zero-order valence-electron chi connectivity index (χ0n) is 16.9. The first kappa shape index (κ1) is 22.3. The monoisotopic (exact) mass is 423 g/mol. The number of carbonyl (C=O) groups is 1. The molecule has 1 amide bonds. The number of rotatable bonds is 10. The van der Waals surface area contributed by atoms with Crippen LogP contribution >= 0.6 is 22.7 Å². The highest BCUT2D eigenvalue weighted by Crippen LogP contribution is 2.20. The van der Waals surface area contributed by atoms with E-state index in [1.165, 1.54) is 11.3 Å². The van der Waals surface area contributed by atoms with E-state index in [9.17, 15) is 4.79 Å². The van der Waals surface area contributed by atoms with Gasteiger partial charge in [-0.25, -0.2) is 4.98 Å². The van der Waals surface area contributed by atoms with Gasteiger partial charge in [-0.15, -0.1) is 22.7 Å². The lowest BCUT2D eigenvalue weighted by Crippen LogP contribution is -2.38. The Morgan fingerprint density at radius 2 is 2.21 bits per heavy atom. The van der Waals surface area contributed by atoms with Gasteiger partial charge in [0.25, 0.3) is 5.91 Å². The lowest BCUT2D eigenvalue weighted by atomic mass is 10.4. The van der Waals surface area contributed by atoms with Gasteiger partial charge in [0.15, 0.2) is 5.96 Å². The van der Waals surface area contributed by atoms with Crippen LogP contribution in [0.2, 0.25) is 0 Å². The third kappa shape index (κ3) is 6.88. The molecular formula is C19H29N5O2S2. The number of thiophene rings is 1. The van der Waals surface area contributed by atoms with Gasteiger partial charge in [0.1, 0.15) is 11.1 Å². The molecule has 9 heteroatoms. The Bertz CT molecular complexity index is 745. The summed E-state index contributed by atoms with van der Waals surface area (Å²) in [5.41, 5.74) is 1.00. The lowest BCUT2D eigenvalue weighted by molar-refractivity contribution is 0.0957. The molecule has 0 spiro atoms. The highest BCUT2D eigenvalue weighted by atomic mass is 32.1. The third-order valence-corrected chi connectivity index (χ3v) is 5.92. The maximum Gasteiger partial charge on any atom is 0.261 e. The molecule has 0 bridgehead atoms. The number of aliphatic imine (C=N–C) groups is 1. The van der Waals surface area contributed by atoms with Crippen molar-refractivity contribution in [1.29, 1.82) is 0 Å². The summed E-state index contributed by atoms with van der Waals surface area (Å²) in [7, 11) is 3.69. The van der Waals surface area contributed by atoms with E-state index in [-0.39, 0.29) is 12.0 Å². The van der Waals surface area contributed by atoms with Crippen molar-refractivity contribution in [2.75, 3.05) is 33.8 Å². The molecule has 154 valence electrons. The standard InChI is InChI=1S/C19H29N5O2S2/c1-5-20-19(22-10-7-9-21-17(25)16-8-6-11-27-16)24(3)12-15-13-28-18(23-15)14(2)26-4/h6,8,11,13-14H,5,7,9-10,12H2,1-4H3,(H,20,22)(H,21,25). The number of ether oxygens (including phenoxy) is 1. The second-order valence-corrected chi connectivity index (χ2v) is 8.07. The predicted octanol–water partition coefficient (Wildman–Crippen LogP) is 3.13. The molecule has 7 nitrogen and oxygen atoms in total. The van der Waals surface area contributed by atoms with Crippen LogP contribution in [0, 0.1) is 0 Å². The molecule has 0 radical (unpaired) electrons. The van der Waals surface area contributed by atoms with Crippen molar-refractivity contribution in [2.45, 2.75) is 32.9 Å². The molecule has 1 unspecified atom stereocenters. The molecule has 0 saturated carbocycles. The van der Waals surface area contributed by atoms with E-state index in [0.29, 0.717) is 19.6 Å². The van der Waals surface area contributed by atoms with Crippen molar-refractivity contribution in [1.82, 2.24) is 20.5 Å². The van der Waals surface area contributed by atoms with Gasteiger partial charge in [0, 0.05) is 39.2 Å². The normalized spacial score (nSPS) is 12.6. The van der Waals surface area contributed by atoms with Crippen molar-refractivity contribution in [2.24, 2.45) is 4.99 Å². The lowest BCUT2D eigenvalue weighted by Gasteiger charge is -2.21. The predicted molar refractivity (Wildman–Crippen MR) is 116 cm³/mol. The maximum atomic E-state index is 11.9. The van der Waals surface area contributed by atoms with Crippen LogP contribution in [0.4, 0.5) is 0 Å². The van der Waals surface area contributed by atoms with Gasteiger partial charge in [-0.2, -0.15) is 0 Å².